The minimum absolute atomic E-state index is 0.136. The van der Waals surface area contributed by atoms with Gasteiger partial charge in [0.1, 0.15) is 5.75 Å². The predicted octanol–water partition coefficient (Wildman–Crippen LogP) is 4.01. The Kier molecular flexibility index (Phi) is 5.48. The Balaban J connectivity index is 1.51. The largest absolute Gasteiger partial charge is 0.497 e. The van der Waals surface area contributed by atoms with Gasteiger partial charge in [0.2, 0.25) is 0 Å². The molecule has 0 spiro atoms. The molecule has 0 saturated heterocycles. The first-order valence-corrected chi connectivity index (χ1v) is 10.8. The van der Waals surface area contributed by atoms with Crippen LogP contribution >= 0.6 is 0 Å². The van der Waals surface area contributed by atoms with Gasteiger partial charge in [-0.05, 0) is 47.9 Å². The van der Waals surface area contributed by atoms with E-state index < -0.39 is 0 Å². The van der Waals surface area contributed by atoms with Crippen molar-refractivity contribution in [2.45, 2.75) is 19.5 Å². The van der Waals surface area contributed by atoms with Crippen molar-refractivity contribution in [1.82, 2.24) is 14.1 Å². The van der Waals surface area contributed by atoms with Gasteiger partial charge in [0.05, 0.1) is 35.5 Å². The summed E-state index contributed by atoms with van der Waals surface area (Å²) >= 11 is 0. The van der Waals surface area contributed by atoms with E-state index >= 15 is 0 Å². The lowest BCUT2D eigenvalue weighted by atomic mass is 10.1. The third-order valence-corrected chi connectivity index (χ3v) is 5.88. The van der Waals surface area contributed by atoms with Gasteiger partial charge in [-0.1, -0.05) is 42.5 Å². The van der Waals surface area contributed by atoms with E-state index in [0.29, 0.717) is 34.9 Å². The van der Waals surface area contributed by atoms with E-state index in [1.165, 1.54) is 5.56 Å². The highest BCUT2D eigenvalue weighted by Crippen LogP contribution is 2.16. The fraction of sp³-hybridized carbons (Fsp3) is 0.148. The van der Waals surface area contributed by atoms with Gasteiger partial charge in [0.25, 0.3) is 11.1 Å². The maximum absolute atomic E-state index is 13.2. The highest BCUT2D eigenvalue weighted by molar-refractivity contribution is 5.91. The first-order valence-electron chi connectivity index (χ1n) is 10.8. The smallest absolute Gasteiger partial charge is 0.260 e. The molecule has 2 aromatic carbocycles. The van der Waals surface area contributed by atoms with Gasteiger partial charge in [-0.2, -0.15) is 0 Å². The zero-order valence-corrected chi connectivity index (χ0v) is 18.3. The molecule has 5 aromatic rings. The maximum Gasteiger partial charge on any atom is 0.260 e. The summed E-state index contributed by atoms with van der Waals surface area (Å²) in [5.74, 6) is 0.767. The number of benzene rings is 2. The Morgan fingerprint density at radius 3 is 2.06 bits per heavy atom. The van der Waals surface area contributed by atoms with Crippen LogP contribution in [-0.2, 0) is 19.5 Å². The highest BCUT2D eigenvalue weighted by Gasteiger charge is 2.10. The standard InChI is InChI=1S/C27H23N3O3/c1-33-21-9-7-20(8-10-21)18-30-16-13-25-23(27(30)32)17-22-24(28-25)12-15-29(26(22)31)14-11-19-5-3-2-4-6-19/h2-10,12-13,15-17H,11,14,18H2,1H3. The van der Waals surface area contributed by atoms with Crippen molar-refractivity contribution < 1.29 is 4.74 Å². The van der Waals surface area contributed by atoms with E-state index in [-0.39, 0.29) is 11.1 Å². The first kappa shape index (κ1) is 20.7. The molecule has 0 N–H and O–H groups in total. The second-order valence-corrected chi connectivity index (χ2v) is 8.00. The van der Waals surface area contributed by atoms with E-state index in [9.17, 15) is 9.59 Å². The van der Waals surface area contributed by atoms with Crippen LogP contribution in [0.1, 0.15) is 11.1 Å². The minimum atomic E-state index is -0.170. The quantitative estimate of drug-likeness (QED) is 0.377. The summed E-state index contributed by atoms with van der Waals surface area (Å²) in [5.41, 5.74) is 3.02. The van der Waals surface area contributed by atoms with Crippen molar-refractivity contribution in [3.63, 3.8) is 0 Å². The lowest BCUT2D eigenvalue weighted by molar-refractivity contribution is 0.414. The second-order valence-electron chi connectivity index (χ2n) is 8.00. The summed E-state index contributed by atoms with van der Waals surface area (Å²) in [6.45, 7) is 0.986. The SMILES string of the molecule is COc1ccc(Cn2ccc3nc4ccn(CCc5ccccc5)c(=O)c4cc3c2=O)cc1. The van der Waals surface area contributed by atoms with Crippen LogP contribution in [0.3, 0.4) is 0 Å². The lowest BCUT2D eigenvalue weighted by Gasteiger charge is -2.10. The van der Waals surface area contributed by atoms with Gasteiger partial charge >= 0.3 is 0 Å². The van der Waals surface area contributed by atoms with E-state index in [2.05, 4.69) is 4.98 Å². The van der Waals surface area contributed by atoms with Gasteiger partial charge in [-0.25, -0.2) is 4.98 Å². The molecular weight excluding hydrogens is 414 g/mol. The second kappa shape index (κ2) is 8.74. The molecule has 3 aromatic heterocycles. The topological polar surface area (TPSA) is 66.1 Å². The molecule has 0 aliphatic rings. The summed E-state index contributed by atoms with van der Waals surface area (Å²) in [7, 11) is 1.62. The maximum atomic E-state index is 13.2. The number of methoxy groups -OCH3 is 1. The number of fused-ring (bicyclic) bond motifs is 2. The molecule has 0 aliphatic heterocycles. The number of ether oxygens (including phenoxy) is 1. The Labute approximate surface area is 190 Å². The molecule has 0 radical (unpaired) electrons. The molecule has 5 rings (SSSR count). The molecule has 0 saturated carbocycles. The average molecular weight is 437 g/mol. The third kappa shape index (κ3) is 4.15. The van der Waals surface area contributed by atoms with Crippen molar-refractivity contribution in [1.29, 1.82) is 0 Å². The molecular formula is C27H23N3O3. The number of rotatable bonds is 6. The van der Waals surface area contributed by atoms with Crippen LogP contribution in [0.25, 0.3) is 21.8 Å². The van der Waals surface area contributed by atoms with E-state index in [1.54, 1.807) is 34.7 Å². The fourth-order valence-corrected chi connectivity index (χ4v) is 4.03. The van der Waals surface area contributed by atoms with Gasteiger partial charge < -0.3 is 13.9 Å². The van der Waals surface area contributed by atoms with E-state index in [4.69, 9.17) is 4.74 Å². The number of nitrogens with zero attached hydrogens (tertiary/aromatic N) is 3. The Morgan fingerprint density at radius 2 is 1.39 bits per heavy atom. The van der Waals surface area contributed by atoms with Crippen LogP contribution in [-0.4, -0.2) is 21.2 Å². The van der Waals surface area contributed by atoms with Crippen molar-refractivity contribution in [2.75, 3.05) is 7.11 Å². The molecule has 6 nitrogen and oxygen atoms in total. The number of aryl methyl sites for hydroxylation is 2. The Hall–Kier alpha value is -4.19. The van der Waals surface area contributed by atoms with Crippen LogP contribution in [0.15, 0.2) is 94.8 Å². The summed E-state index contributed by atoms with van der Waals surface area (Å²) in [6, 6.07) is 23.0. The molecule has 0 fully saturated rings. The highest BCUT2D eigenvalue weighted by atomic mass is 16.5. The van der Waals surface area contributed by atoms with Gasteiger partial charge in [-0.15, -0.1) is 0 Å². The number of hydrogen-bond donors (Lipinski definition) is 0. The Bertz CT molecular complexity index is 1550. The molecule has 0 amide bonds. The Morgan fingerprint density at radius 1 is 0.758 bits per heavy atom. The van der Waals surface area contributed by atoms with Crippen LogP contribution in [0, 0.1) is 0 Å². The van der Waals surface area contributed by atoms with Crippen LogP contribution < -0.4 is 15.9 Å². The normalized spacial score (nSPS) is 11.2. The minimum Gasteiger partial charge on any atom is -0.497 e. The van der Waals surface area contributed by atoms with Gasteiger partial charge in [0, 0.05) is 18.9 Å². The molecule has 0 aliphatic carbocycles. The average Bonchev–Trinajstić information content (AvgIpc) is 2.86. The number of hydrogen-bond acceptors (Lipinski definition) is 4. The van der Waals surface area contributed by atoms with Crippen molar-refractivity contribution >= 4 is 21.8 Å². The molecule has 6 heteroatoms. The zero-order chi connectivity index (χ0) is 22.8. The molecule has 164 valence electrons. The van der Waals surface area contributed by atoms with Crippen LogP contribution in [0.2, 0.25) is 0 Å². The molecule has 3 heterocycles. The first-order chi connectivity index (χ1) is 16.1. The number of aromatic nitrogens is 3. The molecule has 33 heavy (non-hydrogen) atoms. The number of pyridine rings is 3. The van der Waals surface area contributed by atoms with Gasteiger partial charge in [-0.3, -0.25) is 9.59 Å². The monoisotopic (exact) mass is 437 g/mol. The van der Waals surface area contributed by atoms with E-state index in [1.807, 2.05) is 66.7 Å². The molecule has 0 unspecified atom stereocenters. The summed E-state index contributed by atoms with van der Waals surface area (Å²) in [6.07, 6.45) is 4.27. The van der Waals surface area contributed by atoms with Crippen LogP contribution in [0.4, 0.5) is 0 Å². The fourth-order valence-electron chi connectivity index (χ4n) is 4.03. The lowest BCUT2D eigenvalue weighted by Crippen LogP contribution is -2.23. The van der Waals surface area contributed by atoms with E-state index in [0.717, 1.165) is 17.7 Å². The summed E-state index contributed by atoms with van der Waals surface area (Å²) in [5, 5.41) is 0.897. The van der Waals surface area contributed by atoms with Gasteiger partial charge in [0.15, 0.2) is 0 Å². The summed E-state index contributed by atoms with van der Waals surface area (Å²) in [4.78, 5) is 30.9. The summed E-state index contributed by atoms with van der Waals surface area (Å²) < 4.78 is 8.51. The molecule has 0 bridgehead atoms. The zero-order valence-electron chi connectivity index (χ0n) is 18.3. The molecule has 0 atom stereocenters. The van der Waals surface area contributed by atoms with Crippen molar-refractivity contribution in [3.8, 4) is 5.75 Å². The predicted molar refractivity (Wildman–Crippen MR) is 130 cm³/mol. The third-order valence-electron chi connectivity index (χ3n) is 5.88. The van der Waals surface area contributed by atoms with Crippen molar-refractivity contribution in [3.05, 3.63) is 117 Å². The van der Waals surface area contributed by atoms with Crippen LogP contribution in [0.5, 0.6) is 5.75 Å². The van der Waals surface area contributed by atoms with Crippen molar-refractivity contribution in [2.24, 2.45) is 0 Å².